The molecule has 114 valence electrons. The van der Waals surface area contributed by atoms with E-state index in [4.69, 9.17) is 0 Å². The number of carbonyl (C=O) groups is 1. The number of aromatic nitrogens is 1. The van der Waals surface area contributed by atoms with Gasteiger partial charge in [0, 0.05) is 25.7 Å². The van der Waals surface area contributed by atoms with Crippen molar-refractivity contribution in [3.8, 4) is 0 Å². The molecular formula is C16H24N4O. The molecule has 3 heterocycles. The SMILES string of the molecule is CCNc1cccc(C(=O)N2CCC(N3CCCC3)C2)n1. The van der Waals surface area contributed by atoms with E-state index in [1.807, 2.05) is 30.0 Å². The molecule has 1 aromatic rings. The summed E-state index contributed by atoms with van der Waals surface area (Å²) in [5, 5.41) is 3.16. The number of carbonyl (C=O) groups excluding carboxylic acids is 1. The van der Waals surface area contributed by atoms with Crippen molar-refractivity contribution in [1.82, 2.24) is 14.8 Å². The molecular weight excluding hydrogens is 264 g/mol. The van der Waals surface area contributed by atoms with E-state index in [9.17, 15) is 4.79 Å². The third-order valence-corrected chi connectivity index (χ3v) is 4.43. The van der Waals surface area contributed by atoms with Crippen LogP contribution in [0.5, 0.6) is 0 Å². The molecule has 1 amide bonds. The highest BCUT2D eigenvalue weighted by molar-refractivity contribution is 5.92. The molecule has 0 bridgehead atoms. The maximum Gasteiger partial charge on any atom is 0.272 e. The lowest BCUT2D eigenvalue weighted by Crippen LogP contribution is -2.37. The molecule has 0 saturated carbocycles. The highest BCUT2D eigenvalue weighted by Gasteiger charge is 2.32. The zero-order chi connectivity index (χ0) is 14.7. The van der Waals surface area contributed by atoms with Crippen molar-refractivity contribution in [3.63, 3.8) is 0 Å². The molecule has 1 aromatic heterocycles. The topological polar surface area (TPSA) is 48.5 Å². The summed E-state index contributed by atoms with van der Waals surface area (Å²) in [5.74, 6) is 0.843. The fourth-order valence-electron chi connectivity index (χ4n) is 3.33. The smallest absolute Gasteiger partial charge is 0.272 e. The third kappa shape index (κ3) is 3.18. The summed E-state index contributed by atoms with van der Waals surface area (Å²) in [5.41, 5.74) is 0.551. The number of amides is 1. The van der Waals surface area contributed by atoms with Gasteiger partial charge in [-0.15, -0.1) is 0 Å². The number of hydrogen-bond acceptors (Lipinski definition) is 4. The minimum Gasteiger partial charge on any atom is -0.370 e. The van der Waals surface area contributed by atoms with Crippen LogP contribution in [0.15, 0.2) is 18.2 Å². The molecule has 0 spiro atoms. The van der Waals surface area contributed by atoms with Crippen molar-refractivity contribution >= 4 is 11.7 Å². The Bertz CT molecular complexity index is 499. The standard InChI is InChI=1S/C16H24N4O/c1-2-17-15-7-5-6-14(18-15)16(21)20-11-8-13(12-20)19-9-3-4-10-19/h5-7,13H,2-4,8-12H2,1H3,(H,17,18). The van der Waals surface area contributed by atoms with Gasteiger partial charge in [0.1, 0.15) is 11.5 Å². The molecule has 2 aliphatic heterocycles. The molecule has 1 atom stereocenters. The van der Waals surface area contributed by atoms with E-state index in [1.165, 1.54) is 25.9 Å². The van der Waals surface area contributed by atoms with E-state index < -0.39 is 0 Å². The highest BCUT2D eigenvalue weighted by atomic mass is 16.2. The maximum atomic E-state index is 12.6. The van der Waals surface area contributed by atoms with Gasteiger partial charge in [-0.2, -0.15) is 0 Å². The Kier molecular flexibility index (Phi) is 4.39. The molecule has 2 aliphatic rings. The van der Waals surface area contributed by atoms with Gasteiger partial charge in [-0.3, -0.25) is 9.69 Å². The van der Waals surface area contributed by atoms with E-state index in [0.717, 1.165) is 31.9 Å². The first-order valence-corrected chi connectivity index (χ1v) is 8.02. The number of nitrogens with zero attached hydrogens (tertiary/aromatic N) is 3. The molecule has 0 aliphatic carbocycles. The largest absolute Gasteiger partial charge is 0.370 e. The molecule has 2 fully saturated rings. The Labute approximate surface area is 126 Å². The van der Waals surface area contributed by atoms with E-state index in [-0.39, 0.29) is 5.91 Å². The predicted molar refractivity (Wildman–Crippen MR) is 83.5 cm³/mol. The summed E-state index contributed by atoms with van der Waals surface area (Å²) < 4.78 is 0. The van der Waals surface area contributed by atoms with Gasteiger partial charge in [-0.05, 0) is 51.4 Å². The van der Waals surface area contributed by atoms with E-state index >= 15 is 0 Å². The average Bonchev–Trinajstić information content (AvgIpc) is 3.18. The van der Waals surface area contributed by atoms with Crippen molar-refractivity contribution in [3.05, 3.63) is 23.9 Å². The van der Waals surface area contributed by atoms with Gasteiger partial charge in [-0.25, -0.2) is 4.98 Å². The molecule has 21 heavy (non-hydrogen) atoms. The lowest BCUT2D eigenvalue weighted by Gasteiger charge is -2.23. The number of hydrogen-bond donors (Lipinski definition) is 1. The van der Waals surface area contributed by atoms with Crippen molar-refractivity contribution in [2.45, 2.75) is 32.2 Å². The first-order valence-electron chi connectivity index (χ1n) is 8.02. The van der Waals surface area contributed by atoms with Crippen LogP contribution in [0.1, 0.15) is 36.7 Å². The maximum absolute atomic E-state index is 12.6. The zero-order valence-electron chi connectivity index (χ0n) is 12.7. The van der Waals surface area contributed by atoms with E-state index in [1.54, 1.807) is 0 Å². The number of nitrogens with one attached hydrogen (secondary N) is 1. The predicted octanol–water partition coefficient (Wildman–Crippen LogP) is 1.82. The van der Waals surface area contributed by atoms with Gasteiger partial charge in [0.05, 0.1) is 0 Å². The summed E-state index contributed by atoms with van der Waals surface area (Å²) in [6.07, 6.45) is 3.70. The Morgan fingerprint density at radius 1 is 1.33 bits per heavy atom. The van der Waals surface area contributed by atoms with Crippen molar-refractivity contribution < 1.29 is 4.79 Å². The van der Waals surface area contributed by atoms with Gasteiger partial charge >= 0.3 is 0 Å². The minimum atomic E-state index is 0.0662. The van der Waals surface area contributed by atoms with Crippen LogP contribution in [0.25, 0.3) is 0 Å². The fourth-order valence-corrected chi connectivity index (χ4v) is 3.33. The van der Waals surface area contributed by atoms with Crippen molar-refractivity contribution in [1.29, 1.82) is 0 Å². The normalized spacial score (nSPS) is 22.7. The number of anilines is 1. The number of pyridine rings is 1. The van der Waals surface area contributed by atoms with Crippen LogP contribution in [0.2, 0.25) is 0 Å². The lowest BCUT2D eigenvalue weighted by molar-refractivity contribution is 0.0774. The summed E-state index contributed by atoms with van der Waals surface area (Å²) in [6.45, 7) is 6.93. The quantitative estimate of drug-likeness (QED) is 0.918. The first kappa shape index (κ1) is 14.3. The van der Waals surface area contributed by atoms with Gasteiger partial charge in [0.25, 0.3) is 5.91 Å². The lowest BCUT2D eigenvalue weighted by atomic mass is 10.2. The van der Waals surface area contributed by atoms with Crippen LogP contribution in [-0.2, 0) is 0 Å². The Balaban J connectivity index is 1.64. The van der Waals surface area contributed by atoms with Crippen LogP contribution in [0, 0.1) is 0 Å². The van der Waals surface area contributed by atoms with Gasteiger partial charge in [-0.1, -0.05) is 6.07 Å². The molecule has 5 heteroatoms. The monoisotopic (exact) mass is 288 g/mol. The van der Waals surface area contributed by atoms with Crippen molar-refractivity contribution in [2.24, 2.45) is 0 Å². The Hall–Kier alpha value is -1.62. The summed E-state index contributed by atoms with van der Waals surface area (Å²) in [4.78, 5) is 21.5. The minimum absolute atomic E-state index is 0.0662. The fraction of sp³-hybridized carbons (Fsp3) is 0.625. The second-order valence-corrected chi connectivity index (χ2v) is 5.88. The molecule has 0 radical (unpaired) electrons. The molecule has 3 rings (SSSR count). The van der Waals surface area contributed by atoms with E-state index in [2.05, 4.69) is 15.2 Å². The van der Waals surface area contributed by atoms with Crippen LogP contribution >= 0.6 is 0 Å². The highest BCUT2D eigenvalue weighted by Crippen LogP contribution is 2.21. The molecule has 5 nitrogen and oxygen atoms in total. The summed E-state index contributed by atoms with van der Waals surface area (Å²) in [6, 6.07) is 6.16. The van der Waals surface area contributed by atoms with Gasteiger partial charge in [0.15, 0.2) is 0 Å². The van der Waals surface area contributed by atoms with Gasteiger partial charge < -0.3 is 10.2 Å². The molecule has 1 N–H and O–H groups in total. The number of likely N-dealkylation sites (tertiary alicyclic amines) is 2. The first-order chi connectivity index (χ1) is 10.3. The molecule has 0 aromatic carbocycles. The average molecular weight is 288 g/mol. The molecule has 1 unspecified atom stereocenters. The van der Waals surface area contributed by atoms with Crippen LogP contribution in [0.4, 0.5) is 5.82 Å². The summed E-state index contributed by atoms with van der Waals surface area (Å²) >= 11 is 0. The Morgan fingerprint density at radius 2 is 2.14 bits per heavy atom. The second kappa shape index (κ2) is 6.43. The third-order valence-electron chi connectivity index (χ3n) is 4.43. The van der Waals surface area contributed by atoms with Crippen molar-refractivity contribution in [2.75, 3.05) is 38.0 Å². The summed E-state index contributed by atoms with van der Waals surface area (Å²) in [7, 11) is 0. The van der Waals surface area contributed by atoms with Gasteiger partial charge in [0.2, 0.25) is 0 Å². The molecule has 2 saturated heterocycles. The van der Waals surface area contributed by atoms with E-state index in [0.29, 0.717) is 11.7 Å². The van der Waals surface area contributed by atoms with Crippen LogP contribution in [0.3, 0.4) is 0 Å². The number of rotatable bonds is 4. The van der Waals surface area contributed by atoms with Crippen LogP contribution < -0.4 is 5.32 Å². The Morgan fingerprint density at radius 3 is 2.90 bits per heavy atom. The second-order valence-electron chi connectivity index (χ2n) is 5.88. The zero-order valence-corrected chi connectivity index (χ0v) is 12.7. The van der Waals surface area contributed by atoms with Crippen LogP contribution in [-0.4, -0.2) is 59.5 Å².